The van der Waals surface area contributed by atoms with E-state index in [0.717, 1.165) is 12.1 Å². The van der Waals surface area contributed by atoms with Crippen LogP contribution in [0.1, 0.15) is 47.6 Å². The lowest BCUT2D eigenvalue weighted by Gasteiger charge is -2.24. The summed E-state index contributed by atoms with van der Waals surface area (Å²) in [6.07, 6.45) is 3.21. The Balaban J connectivity index is 1.37. The molecule has 0 aliphatic rings. The first-order valence-corrected chi connectivity index (χ1v) is 14.5. The highest BCUT2D eigenvalue weighted by Gasteiger charge is 2.23. The van der Waals surface area contributed by atoms with Crippen LogP contribution < -0.4 is 10.6 Å². The molecule has 1 unspecified atom stereocenters. The van der Waals surface area contributed by atoms with Gasteiger partial charge in [0, 0.05) is 43.2 Å². The number of pyridine rings is 1. The fourth-order valence-corrected chi connectivity index (χ4v) is 4.96. The molecule has 4 rings (SSSR count). The molecule has 7 nitrogen and oxygen atoms in total. The molecule has 42 heavy (non-hydrogen) atoms. The van der Waals surface area contributed by atoms with Crippen molar-refractivity contribution >= 4 is 11.9 Å². The first kappa shape index (κ1) is 30.6. The van der Waals surface area contributed by atoms with Crippen LogP contribution in [0.25, 0.3) is 0 Å². The van der Waals surface area contributed by atoms with Crippen molar-refractivity contribution in [3.8, 4) is 0 Å². The van der Waals surface area contributed by atoms with Gasteiger partial charge in [0.15, 0.2) is 0 Å². The normalized spacial score (nSPS) is 12.5. The van der Waals surface area contributed by atoms with Gasteiger partial charge in [-0.1, -0.05) is 97.1 Å². The second kappa shape index (κ2) is 16.8. The molecule has 1 heterocycles. The van der Waals surface area contributed by atoms with E-state index in [1.807, 2.05) is 54.6 Å². The molecular weight excluding hydrogens is 526 g/mol. The van der Waals surface area contributed by atoms with Crippen LogP contribution in [-0.4, -0.2) is 47.2 Å². The van der Waals surface area contributed by atoms with Gasteiger partial charge in [-0.3, -0.25) is 14.6 Å². The molecule has 0 amide bonds. The molecule has 4 aromatic rings. The van der Waals surface area contributed by atoms with Gasteiger partial charge in [-0.15, -0.1) is 0 Å². The quantitative estimate of drug-likeness (QED) is 0.117. The summed E-state index contributed by atoms with van der Waals surface area (Å²) < 4.78 is 5.47. The van der Waals surface area contributed by atoms with Crippen molar-refractivity contribution < 1.29 is 19.4 Å². The number of carboxylic acid groups (broad SMARTS) is 1. The predicted molar refractivity (Wildman–Crippen MR) is 164 cm³/mol. The first-order valence-electron chi connectivity index (χ1n) is 14.5. The maximum atomic E-state index is 12.6. The van der Waals surface area contributed by atoms with Crippen molar-refractivity contribution in [1.82, 2.24) is 15.6 Å². The van der Waals surface area contributed by atoms with Crippen molar-refractivity contribution in [1.29, 1.82) is 0 Å². The number of rotatable bonds is 17. The van der Waals surface area contributed by atoms with Crippen LogP contribution in [0, 0.1) is 0 Å². The van der Waals surface area contributed by atoms with E-state index in [9.17, 15) is 14.7 Å². The van der Waals surface area contributed by atoms with Gasteiger partial charge in [0.2, 0.25) is 0 Å². The van der Waals surface area contributed by atoms with E-state index in [1.165, 1.54) is 11.1 Å². The van der Waals surface area contributed by atoms with Crippen LogP contribution in [0.15, 0.2) is 115 Å². The molecule has 0 saturated carbocycles. The molecule has 0 saturated heterocycles. The zero-order chi connectivity index (χ0) is 29.4. The summed E-state index contributed by atoms with van der Waals surface area (Å²) in [4.78, 5) is 29.0. The molecule has 0 aliphatic carbocycles. The van der Waals surface area contributed by atoms with Gasteiger partial charge in [0.05, 0.1) is 0 Å². The average molecular weight is 566 g/mol. The van der Waals surface area contributed by atoms with E-state index in [4.69, 9.17) is 4.74 Å². The fraction of sp³-hybridized carbons (Fsp3) is 0.286. The van der Waals surface area contributed by atoms with Crippen molar-refractivity contribution in [2.45, 2.75) is 50.3 Å². The Morgan fingerprint density at radius 3 is 2.00 bits per heavy atom. The van der Waals surface area contributed by atoms with Crippen LogP contribution >= 0.6 is 0 Å². The highest BCUT2D eigenvalue weighted by molar-refractivity contribution is 5.74. The molecule has 218 valence electrons. The summed E-state index contributed by atoms with van der Waals surface area (Å²) in [5.74, 6) is -1.07. The standard InChI is InChI=1S/C35H39N3O4/c39-34(42-26-27-12-4-1-5-13-27)20-19-30(38-33(35(40)41)24-31-18-10-11-22-37-31)21-23-36-25-32(28-14-6-2-7-15-28)29-16-8-3-9-17-29/h1-18,22,30,32-33,36,38H,19-21,23-26H2,(H,40,41)/t30?,33-/m0/s1. The number of hydrogen-bond donors (Lipinski definition) is 3. The zero-order valence-electron chi connectivity index (χ0n) is 23.8. The van der Waals surface area contributed by atoms with Crippen molar-refractivity contribution in [2.75, 3.05) is 13.1 Å². The lowest BCUT2D eigenvalue weighted by molar-refractivity contribution is -0.145. The van der Waals surface area contributed by atoms with Crippen molar-refractivity contribution in [2.24, 2.45) is 0 Å². The second-order valence-corrected chi connectivity index (χ2v) is 10.3. The summed E-state index contributed by atoms with van der Waals surface area (Å²) in [6, 6.07) is 34.8. The number of hydrogen-bond acceptors (Lipinski definition) is 6. The van der Waals surface area contributed by atoms with Crippen LogP contribution in [-0.2, 0) is 27.4 Å². The zero-order valence-corrected chi connectivity index (χ0v) is 23.8. The molecule has 0 radical (unpaired) electrons. The van der Waals surface area contributed by atoms with Gasteiger partial charge < -0.3 is 20.5 Å². The molecule has 0 bridgehead atoms. The third-order valence-corrected chi connectivity index (χ3v) is 7.24. The van der Waals surface area contributed by atoms with E-state index in [-0.39, 0.29) is 37.4 Å². The third kappa shape index (κ3) is 10.3. The van der Waals surface area contributed by atoms with E-state index < -0.39 is 12.0 Å². The number of nitrogens with one attached hydrogen (secondary N) is 2. The minimum Gasteiger partial charge on any atom is -0.480 e. The van der Waals surface area contributed by atoms with Gasteiger partial charge in [-0.25, -0.2) is 0 Å². The van der Waals surface area contributed by atoms with Gasteiger partial charge in [-0.05, 0) is 48.2 Å². The van der Waals surface area contributed by atoms with Gasteiger partial charge in [-0.2, -0.15) is 0 Å². The Hall–Kier alpha value is -4.33. The molecule has 0 fully saturated rings. The Bertz CT molecular complexity index is 1300. The largest absolute Gasteiger partial charge is 0.480 e. The molecule has 7 heteroatoms. The summed E-state index contributed by atoms with van der Waals surface area (Å²) in [6.45, 7) is 1.61. The van der Waals surface area contributed by atoms with E-state index in [1.54, 1.807) is 12.3 Å². The monoisotopic (exact) mass is 565 g/mol. The molecule has 0 spiro atoms. The molecule has 0 aliphatic heterocycles. The molecular formula is C35H39N3O4. The number of nitrogens with zero attached hydrogens (tertiary/aromatic N) is 1. The van der Waals surface area contributed by atoms with E-state index in [0.29, 0.717) is 25.1 Å². The lowest BCUT2D eigenvalue weighted by atomic mass is 9.91. The number of aliphatic carboxylic acids is 1. The van der Waals surface area contributed by atoms with Crippen molar-refractivity contribution in [3.05, 3.63) is 138 Å². The minimum atomic E-state index is -0.946. The Labute approximate surface area is 248 Å². The maximum Gasteiger partial charge on any atom is 0.321 e. The predicted octanol–water partition coefficient (Wildman–Crippen LogP) is 5.37. The first-order chi connectivity index (χ1) is 20.6. The SMILES string of the molecule is O=C(CCC(CCNCC(c1ccccc1)c1ccccc1)N[C@@H](Cc1ccccn1)C(=O)O)OCc1ccccc1. The molecule has 2 atom stereocenters. The number of carbonyl (C=O) groups excluding carboxylic acids is 1. The minimum absolute atomic E-state index is 0.183. The van der Waals surface area contributed by atoms with Gasteiger partial charge in [0.25, 0.3) is 0 Å². The topological polar surface area (TPSA) is 101 Å². The van der Waals surface area contributed by atoms with Crippen LogP contribution in [0.5, 0.6) is 0 Å². The number of ether oxygens (including phenoxy) is 1. The smallest absolute Gasteiger partial charge is 0.321 e. The lowest BCUT2D eigenvalue weighted by Crippen LogP contribution is -2.46. The number of benzene rings is 3. The Morgan fingerprint density at radius 1 is 0.786 bits per heavy atom. The summed E-state index contributed by atoms with van der Waals surface area (Å²) in [5.41, 5.74) is 4.09. The average Bonchev–Trinajstić information content (AvgIpc) is 3.03. The van der Waals surface area contributed by atoms with Crippen molar-refractivity contribution in [3.63, 3.8) is 0 Å². The number of aromatic nitrogens is 1. The fourth-order valence-electron chi connectivity index (χ4n) is 4.96. The number of carboxylic acids is 1. The molecule has 1 aromatic heterocycles. The second-order valence-electron chi connectivity index (χ2n) is 10.3. The summed E-state index contributed by atoms with van der Waals surface area (Å²) in [7, 11) is 0. The number of carbonyl (C=O) groups is 2. The van der Waals surface area contributed by atoms with Crippen LogP contribution in [0.2, 0.25) is 0 Å². The molecule has 3 aromatic carbocycles. The maximum absolute atomic E-state index is 12.6. The Morgan fingerprint density at radius 2 is 1.40 bits per heavy atom. The Kier molecular flexibility index (Phi) is 12.3. The van der Waals surface area contributed by atoms with Crippen LogP contribution in [0.3, 0.4) is 0 Å². The highest BCUT2D eigenvalue weighted by Crippen LogP contribution is 2.23. The highest BCUT2D eigenvalue weighted by atomic mass is 16.5. The van der Waals surface area contributed by atoms with Gasteiger partial charge in [0.1, 0.15) is 12.6 Å². The summed E-state index contributed by atoms with van der Waals surface area (Å²) in [5, 5.41) is 16.8. The van der Waals surface area contributed by atoms with Gasteiger partial charge >= 0.3 is 11.9 Å². The third-order valence-electron chi connectivity index (χ3n) is 7.24. The van der Waals surface area contributed by atoms with Crippen LogP contribution in [0.4, 0.5) is 0 Å². The van der Waals surface area contributed by atoms with E-state index >= 15 is 0 Å². The molecule has 3 N–H and O–H groups in total. The summed E-state index contributed by atoms with van der Waals surface area (Å²) >= 11 is 0. The number of esters is 1. The van der Waals surface area contributed by atoms with E-state index in [2.05, 4.69) is 64.1 Å².